The van der Waals surface area contributed by atoms with Gasteiger partial charge < -0.3 is 4.74 Å². The first-order valence-electron chi connectivity index (χ1n) is 5.12. The van der Waals surface area contributed by atoms with Crippen LogP contribution in [0.5, 0.6) is 0 Å². The molecule has 82 valence electrons. The van der Waals surface area contributed by atoms with Gasteiger partial charge in [0.2, 0.25) is 9.05 Å². The van der Waals surface area contributed by atoms with E-state index in [1.54, 1.807) is 0 Å². The van der Waals surface area contributed by atoms with Crippen molar-refractivity contribution in [3.63, 3.8) is 0 Å². The third-order valence-corrected chi connectivity index (χ3v) is 5.39. The van der Waals surface area contributed by atoms with Crippen LogP contribution >= 0.6 is 10.7 Å². The molecule has 2 aliphatic rings. The van der Waals surface area contributed by atoms with Gasteiger partial charge in [0.25, 0.3) is 0 Å². The van der Waals surface area contributed by atoms with Crippen LogP contribution in [0.2, 0.25) is 0 Å². The molecule has 14 heavy (non-hydrogen) atoms. The molecule has 1 unspecified atom stereocenters. The maximum absolute atomic E-state index is 11.4. The van der Waals surface area contributed by atoms with Crippen molar-refractivity contribution in [2.45, 2.75) is 49.4 Å². The van der Waals surface area contributed by atoms with Gasteiger partial charge in [0.05, 0.1) is 5.60 Å². The van der Waals surface area contributed by atoms with Gasteiger partial charge in [-0.05, 0) is 19.3 Å². The molecule has 0 amide bonds. The fraction of sp³-hybridized carbons (Fsp3) is 1.00. The van der Waals surface area contributed by atoms with Gasteiger partial charge in [-0.25, -0.2) is 8.42 Å². The average Bonchev–Trinajstić information content (AvgIpc) is 2.49. The standard InChI is InChI=1S/C9H15ClO3S/c10-14(11,12)8-4-7-13-9(8)5-2-1-3-6-9/h8H,1-7H2. The predicted octanol–water partition coefficient (Wildman–Crippen LogP) is 2.05. The smallest absolute Gasteiger partial charge is 0.238 e. The number of hydrogen-bond donors (Lipinski definition) is 0. The second-order valence-corrected chi connectivity index (χ2v) is 7.04. The van der Waals surface area contributed by atoms with Crippen LogP contribution in [-0.4, -0.2) is 25.9 Å². The molecule has 0 aromatic rings. The maximum atomic E-state index is 11.4. The Hall–Kier alpha value is 0.200. The fourth-order valence-corrected chi connectivity index (χ4v) is 4.69. The molecule has 3 nitrogen and oxygen atoms in total. The van der Waals surface area contributed by atoms with Crippen molar-refractivity contribution in [1.29, 1.82) is 0 Å². The molecule has 1 aliphatic carbocycles. The van der Waals surface area contributed by atoms with E-state index in [0.29, 0.717) is 13.0 Å². The lowest BCUT2D eigenvalue weighted by atomic mass is 9.82. The second-order valence-electron chi connectivity index (χ2n) is 4.23. The summed E-state index contributed by atoms with van der Waals surface area (Å²) in [5.41, 5.74) is -0.446. The van der Waals surface area contributed by atoms with Gasteiger partial charge in [-0.3, -0.25) is 0 Å². The quantitative estimate of drug-likeness (QED) is 0.657. The van der Waals surface area contributed by atoms with Crippen molar-refractivity contribution in [2.75, 3.05) is 6.61 Å². The summed E-state index contributed by atoms with van der Waals surface area (Å²) < 4.78 is 28.4. The van der Waals surface area contributed by atoms with Gasteiger partial charge in [-0.15, -0.1) is 0 Å². The first-order valence-corrected chi connectivity index (χ1v) is 7.49. The van der Waals surface area contributed by atoms with Crippen molar-refractivity contribution in [3.8, 4) is 0 Å². The minimum absolute atomic E-state index is 0.446. The molecule has 1 saturated carbocycles. The van der Waals surface area contributed by atoms with E-state index in [0.717, 1.165) is 25.7 Å². The number of rotatable bonds is 1. The van der Waals surface area contributed by atoms with E-state index in [9.17, 15) is 8.42 Å². The molecule has 0 radical (unpaired) electrons. The summed E-state index contributed by atoms with van der Waals surface area (Å²) in [6.45, 7) is 0.538. The zero-order chi connectivity index (χ0) is 10.2. The van der Waals surface area contributed by atoms with Crippen LogP contribution in [0.1, 0.15) is 38.5 Å². The Labute approximate surface area is 89.2 Å². The van der Waals surface area contributed by atoms with E-state index in [-0.39, 0.29) is 0 Å². The SMILES string of the molecule is O=S(=O)(Cl)C1CCOC12CCCCC2. The summed E-state index contributed by atoms with van der Waals surface area (Å²) in [6, 6.07) is 0. The maximum Gasteiger partial charge on any atom is 0.238 e. The van der Waals surface area contributed by atoms with Gasteiger partial charge in [0.15, 0.2) is 0 Å². The topological polar surface area (TPSA) is 43.4 Å². The summed E-state index contributed by atoms with van der Waals surface area (Å²) in [5.74, 6) is 0. The molecular weight excluding hydrogens is 224 g/mol. The molecular formula is C9H15ClO3S. The highest BCUT2D eigenvalue weighted by Gasteiger charge is 2.50. The zero-order valence-electron chi connectivity index (χ0n) is 8.04. The summed E-state index contributed by atoms with van der Waals surface area (Å²) >= 11 is 0. The molecule has 1 heterocycles. The number of halogens is 1. The molecule has 2 rings (SSSR count). The molecule has 1 aliphatic heterocycles. The Morgan fingerprint density at radius 2 is 1.86 bits per heavy atom. The molecule has 0 aromatic carbocycles. The van der Waals surface area contributed by atoms with Crippen molar-refractivity contribution in [1.82, 2.24) is 0 Å². The predicted molar refractivity (Wildman–Crippen MR) is 54.9 cm³/mol. The van der Waals surface area contributed by atoms with E-state index >= 15 is 0 Å². The third-order valence-electron chi connectivity index (χ3n) is 3.40. The molecule has 0 N–H and O–H groups in total. The summed E-state index contributed by atoms with van der Waals surface area (Å²) in [5, 5.41) is -0.475. The first-order chi connectivity index (χ1) is 6.55. The monoisotopic (exact) mass is 238 g/mol. The van der Waals surface area contributed by atoms with Gasteiger partial charge in [0.1, 0.15) is 5.25 Å². The Balaban J connectivity index is 2.24. The van der Waals surface area contributed by atoms with Gasteiger partial charge in [-0.2, -0.15) is 0 Å². The van der Waals surface area contributed by atoms with E-state index in [1.807, 2.05) is 0 Å². The third kappa shape index (κ3) is 1.79. The lowest BCUT2D eigenvalue weighted by molar-refractivity contribution is -0.0222. The second kappa shape index (κ2) is 3.65. The van der Waals surface area contributed by atoms with Gasteiger partial charge in [0, 0.05) is 17.3 Å². The normalized spacial score (nSPS) is 32.2. The van der Waals surface area contributed by atoms with Crippen molar-refractivity contribution in [2.24, 2.45) is 0 Å². The Morgan fingerprint density at radius 3 is 2.43 bits per heavy atom. The highest BCUT2D eigenvalue weighted by atomic mass is 35.7. The molecule has 0 bridgehead atoms. The van der Waals surface area contributed by atoms with Crippen LogP contribution in [0.25, 0.3) is 0 Å². The molecule has 1 spiro atoms. The molecule has 1 atom stereocenters. The zero-order valence-corrected chi connectivity index (χ0v) is 9.61. The van der Waals surface area contributed by atoms with Crippen LogP contribution in [-0.2, 0) is 13.8 Å². The largest absolute Gasteiger partial charge is 0.374 e. The van der Waals surface area contributed by atoms with E-state index in [4.69, 9.17) is 15.4 Å². The Kier molecular flexibility index (Phi) is 2.79. The Bertz CT molecular complexity index is 306. The molecule has 1 saturated heterocycles. The number of hydrogen-bond acceptors (Lipinski definition) is 3. The van der Waals surface area contributed by atoms with Crippen LogP contribution in [0.4, 0.5) is 0 Å². The van der Waals surface area contributed by atoms with Crippen LogP contribution < -0.4 is 0 Å². The minimum Gasteiger partial charge on any atom is -0.374 e. The first kappa shape index (κ1) is 10.7. The summed E-state index contributed by atoms with van der Waals surface area (Å²) in [7, 11) is 1.99. The van der Waals surface area contributed by atoms with E-state index < -0.39 is 19.9 Å². The van der Waals surface area contributed by atoms with Crippen molar-refractivity contribution < 1.29 is 13.2 Å². The van der Waals surface area contributed by atoms with Crippen molar-refractivity contribution >= 4 is 19.7 Å². The Morgan fingerprint density at radius 1 is 1.21 bits per heavy atom. The minimum atomic E-state index is -3.46. The summed E-state index contributed by atoms with van der Waals surface area (Å²) in [6.07, 6.45) is 5.56. The van der Waals surface area contributed by atoms with Crippen LogP contribution in [0.3, 0.4) is 0 Å². The lowest BCUT2D eigenvalue weighted by Gasteiger charge is -2.36. The van der Waals surface area contributed by atoms with E-state index in [1.165, 1.54) is 6.42 Å². The summed E-state index contributed by atoms with van der Waals surface area (Å²) in [4.78, 5) is 0. The fourth-order valence-electron chi connectivity index (χ4n) is 2.74. The lowest BCUT2D eigenvalue weighted by Crippen LogP contribution is -2.43. The van der Waals surface area contributed by atoms with Gasteiger partial charge >= 0.3 is 0 Å². The molecule has 5 heteroatoms. The van der Waals surface area contributed by atoms with Crippen LogP contribution in [0, 0.1) is 0 Å². The van der Waals surface area contributed by atoms with Gasteiger partial charge in [-0.1, -0.05) is 19.3 Å². The highest BCUT2D eigenvalue weighted by molar-refractivity contribution is 8.14. The molecule has 0 aromatic heterocycles. The van der Waals surface area contributed by atoms with E-state index in [2.05, 4.69) is 0 Å². The molecule has 2 fully saturated rings. The van der Waals surface area contributed by atoms with Crippen molar-refractivity contribution in [3.05, 3.63) is 0 Å². The highest BCUT2D eigenvalue weighted by Crippen LogP contribution is 2.43. The van der Waals surface area contributed by atoms with Crippen LogP contribution in [0.15, 0.2) is 0 Å². The number of ether oxygens (including phenoxy) is 1. The average molecular weight is 239 g/mol.